The van der Waals surface area contributed by atoms with Gasteiger partial charge in [-0.25, -0.2) is 0 Å². The maximum Gasteiger partial charge on any atom is 0.320 e. The van der Waals surface area contributed by atoms with Gasteiger partial charge in [0.1, 0.15) is 6.04 Å². The zero-order valence-corrected chi connectivity index (χ0v) is 6.00. The largest absolute Gasteiger partial charge is 0.480 e. The Hall–Kier alpha value is -1.30. The van der Waals surface area contributed by atoms with Crippen LogP contribution in [0.4, 0.5) is 0 Å². The molecule has 0 saturated heterocycles. The topological polar surface area (TPSA) is 125 Å². The van der Waals surface area contributed by atoms with Gasteiger partial charge in [0, 0.05) is 6.54 Å². The van der Waals surface area contributed by atoms with E-state index >= 15 is 0 Å². The van der Waals surface area contributed by atoms with Gasteiger partial charge in [-0.1, -0.05) is 0 Å². The Labute approximate surface area is 64.1 Å². The molecule has 7 N–H and O–H groups in total. The van der Waals surface area contributed by atoms with Crippen LogP contribution in [-0.2, 0) is 4.79 Å². The predicted octanol–water partition coefficient (Wildman–Crippen LogP) is -1.73. The van der Waals surface area contributed by atoms with Crippen LogP contribution in [0.25, 0.3) is 0 Å². The molecule has 1 unspecified atom stereocenters. The van der Waals surface area contributed by atoms with Crippen molar-refractivity contribution in [1.82, 2.24) is 5.32 Å². The summed E-state index contributed by atoms with van der Waals surface area (Å²) >= 11 is 0. The summed E-state index contributed by atoms with van der Waals surface area (Å²) in [5.41, 5.74) is 10.1. The number of guanidine groups is 1. The quantitative estimate of drug-likeness (QED) is 0.247. The number of nitrogens with two attached hydrogens (primary N) is 2. The van der Waals surface area contributed by atoms with Crippen molar-refractivity contribution in [3.8, 4) is 0 Å². The third kappa shape index (κ3) is 5.16. The van der Waals surface area contributed by atoms with Crippen molar-refractivity contribution >= 4 is 11.9 Å². The van der Waals surface area contributed by atoms with E-state index in [0.29, 0.717) is 6.54 Å². The number of carboxylic acid groups (broad SMARTS) is 1. The molecule has 1 atom stereocenters. The minimum absolute atomic E-state index is 0.178. The highest BCUT2D eigenvalue weighted by Gasteiger charge is 2.09. The van der Waals surface area contributed by atoms with Gasteiger partial charge in [-0.05, 0) is 6.42 Å². The molecule has 0 aliphatic carbocycles. The van der Waals surface area contributed by atoms with E-state index in [0.717, 1.165) is 0 Å². The highest BCUT2D eigenvalue weighted by Crippen LogP contribution is 1.84. The zero-order chi connectivity index (χ0) is 8.85. The van der Waals surface area contributed by atoms with Gasteiger partial charge in [-0.15, -0.1) is 0 Å². The van der Waals surface area contributed by atoms with Gasteiger partial charge in [0.2, 0.25) is 0 Å². The molecular weight excluding hydrogens is 148 g/mol. The van der Waals surface area contributed by atoms with Crippen molar-refractivity contribution in [2.75, 3.05) is 6.54 Å². The third-order valence-electron chi connectivity index (χ3n) is 1.09. The first-order valence-electron chi connectivity index (χ1n) is 3.10. The second-order valence-electron chi connectivity index (χ2n) is 2.07. The van der Waals surface area contributed by atoms with Crippen molar-refractivity contribution in [2.45, 2.75) is 12.5 Å². The number of nitrogens with one attached hydrogen (secondary N) is 2. The fourth-order valence-corrected chi connectivity index (χ4v) is 0.486. The Balaban J connectivity index is 3.39. The number of rotatable bonds is 4. The number of aliphatic carboxylic acids is 1. The Kier molecular flexibility index (Phi) is 3.97. The molecule has 0 rings (SSSR count). The van der Waals surface area contributed by atoms with Crippen LogP contribution in [0.15, 0.2) is 0 Å². The first-order chi connectivity index (χ1) is 5.04. The molecule has 0 radical (unpaired) electrons. The third-order valence-corrected chi connectivity index (χ3v) is 1.09. The van der Waals surface area contributed by atoms with Crippen LogP contribution >= 0.6 is 0 Å². The first kappa shape index (κ1) is 9.70. The van der Waals surface area contributed by atoms with Gasteiger partial charge in [-0.3, -0.25) is 10.2 Å². The smallest absolute Gasteiger partial charge is 0.320 e. The van der Waals surface area contributed by atoms with Crippen LogP contribution in [0.1, 0.15) is 6.42 Å². The Morgan fingerprint density at radius 2 is 2.27 bits per heavy atom. The van der Waals surface area contributed by atoms with Gasteiger partial charge in [0.05, 0.1) is 0 Å². The number of hydrogen-bond acceptors (Lipinski definition) is 3. The molecule has 0 aliphatic heterocycles. The van der Waals surface area contributed by atoms with E-state index in [-0.39, 0.29) is 12.4 Å². The molecule has 0 aliphatic rings. The van der Waals surface area contributed by atoms with Crippen molar-refractivity contribution in [3.63, 3.8) is 0 Å². The zero-order valence-electron chi connectivity index (χ0n) is 6.00. The van der Waals surface area contributed by atoms with Crippen molar-refractivity contribution in [2.24, 2.45) is 11.5 Å². The summed E-state index contributed by atoms with van der Waals surface area (Å²) in [6.07, 6.45) is 0.259. The van der Waals surface area contributed by atoms with Gasteiger partial charge in [-0.2, -0.15) is 0 Å². The minimum Gasteiger partial charge on any atom is -0.480 e. The molecule has 0 fully saturated rings. The van der Waals surface area contributed by atoms with Crippen LogP contribution < -0.4 is 16.8 Å². The Morgan fingerprint density at radius 3 is 2.64 bits per heavy atom. The van der Waals surface area contributed by atoms with E-state index in [1.807, 2.05) is 0 Å². The van der Waals surface area contributed by atoms with Crippen LogP contribution in [0.2, 0.25) is 0 Å². The average Bonchev–Trinajstić information content (AvgIpc) is 1.86. The molecule has 0 amide bonds. The van der Waals surface area contributed by atoms with Gasteiger partial charge >= 0.3 is 5.97 Å². The lowest BCUT2D eigenvalue weighted by atomic mass is 10.2. The highest BCUT2D eigenvalue weighted by molar-refractivity contribution is 5.75. The molecule has 0 saturated carbocycles. The molecule has 64 valence electrons. The molecule has 6 nitrogen and oxygen atoms in total. The second-order valence-corrected chi connectivity index (χ2v) is 2.07. The summed E-state index contributed by atoms with van der Waals surface area (Å²) in [5.74, 6) is -1.22. The monoisotopic (exact) mass is 160 g/mol. The molecule has 0 heterocycles. The van der Waals surface area contributed by atoms with Crippen molar-refractivity contribution in [1.29, 1.82) is 5.41 Å². The van der Waals surface area contributed by atoms with E-state index in [4.69, 9.17) is 22.0 Å². The van der Waals surface area contributed by atoms with E-state index in [9.17, 15) is 4.79 Å². The number of carbonyl (C=O) groups is 1. The SMILES string of the molecule is N=C(N)NCCC(N)C(=O)O. The van der Waals surface area contributed by atoms with Crippen molar-refractivity contribution < 1.29 is 9.90 Å². The normalized spacial score (nSPS) is 12.1. The summed E-state index contributed by atoms with van der Waals surface area (Å²) in [4.78, 5) is 10.1. The van der Waals surface area contributed by atoms with E-state index in [1.54, 1.807) is 0 Å². The van der Waals surface area contributed by atoms with E-state index in [1.165, 1.54) is 0 Å². The molecular formula is C5H12N4O2. The summed E-state index contributed by atoms with van der Waals surface area (Å²) < 4.78 is 0. The number of carboxylic acids is 1. The fourth-order valence-electron chi connectivity index (χ4n) is 0.486. The summed E-state index contributed by atoms with van der Waals surface area (Å²) in [7, 11) is 0. The molecule has 0 aromatic carbocycles. The molecule has 6 heteroatoms. The van der Waals surface area contributed by atoms with Gasteiger partial charge < -0.3 is 21.9 Å². The molecule has 0 bridgehead atoms. The van der Waals surface area contributed by atoms with Crippen LogP contribution in [0.5, 0.6) is 0 Å². The first-order valence-corrected chi connectivity index (χ1v) is 3.10. The van der Waals surface area contributed by atoms with Crippen LogP contribution in [0.3, 0.4) is 0 Å². The maximum absolute atomic E-state index is 10.1. The summed E-state index contributed by atoms with van der Waals surface area (Å²) in [6, 6.07) is -0.887. The fraction of sp³-hybridized carbons (Fsp3) is 0.600. The lowest BCUT2D eigenvalue weighted by molar-refractivity contribution is -0.138. The predicted molar refractivity (Wildman–Crippen MR) is 40.1 cm³/mol. The maximum atomic E-state index is 10.1. The molecule has 0 spiro atoms. The van der Waals surface area contributed by atoms with Gasteiger partial charge in [0.25, 0.3) is 0 Å². The second kappa shape index (κ2) is 4.51. The van der Waals surface area contributed by atoms with Crippen LogP contribution in [-0.4, -0.2) is 29.6 Å². The van der Waals surface area contributed by atoms with E-state index in [2.05, 4.69) is 5.32 Å². The van der Waals surface area contributed by atoms with Gasteiger partial charge in [0.15, 0.2) is 5.96 Å². The summed E-state index contributed by atoms with van der Waals surface area (Å²) in [5, 5.41) is 17.5. The summed E-state index contributed by atoms with van der Waals surface area (Å²) in [6.45, 7) is 0.308. The highest BCUT2D eigenvalue weighted by atomic mass is 16.4. The van der Waals surface area contributed by atoms with E-state index < -0.39 is 12.0 Å². The number of hydrogen-bond donors (Lipinski definition) is 5. The molecule has 0 aromatic heterocycles. The standard InChI is InChI=1S/C5H12N4O2/c6-3(4(10)11)1-2-9-5(7)8/h3H,1-2,6H2,(H,10,11)(H4,7,8,9). The molecule has 0 aromatic rings. The Bertz CT molecular complexity index is 159. The Morgan fingerprint density at radius 1 is 1.73 bits per heavy atom. The lowest BCUT2D eigenvalue weighted by Crippen LogP contribution is -2.37. The average molecular weight is 160 g/mol. The van der Waals surface area contributed by atoms with Crippen LogP contribution in [0, 0.1) is 5.41 Å². The van der Waals surface area contributed by atoms with Crippen molar-refractivity contribution in [3.05, 3.63) is 0 Å². The lowest BCUT2D eigenvalue weighted by Gasteiger charge is -2.06. The molecule has 11 heavy (non-hydrogen) atoms. The minimum atomic E-state index is -1.05.